The SMILES string of the molecule is O=C(NCc1cn(-c2ccccc2)nc1-c1ccccc1)c1ccc2nc(C(F)F)[nH]c2c1. The van der Waals surface area contributed by atoms with Gasteiger partial charge in [-0.05, 0) is 30.3 Å². The Hall–Kier alpha value is -4.33. The number of carbonyl (C=O) groups excluding carboxylic acids is 1. The molecule has 0 atom stereocenters. The average Bonchev–Trinajstić information content (AvgIpc) is 3.48. The van der Waals surface area contributed by atoms with Crippen molar-refractivity contribution in [3.05, 3.63) is 102 Å². The molecule has 0 aliphatic carbocycles. The van der Waals surface area contributed by atoms with Crippen molar-refractivity contribution in [2.24, 2.45) is 0 Å². The molecule has 0 saturated carbocycles. The second kappa shape index (κ2) is 8.66. The van der Waals surface area contributed by atoms with Gasteiger partial charge in [0.2, 0.25) is 0 Å². The molecule has 164 valence electrons. The normalized spacial score (nSPS) is 11.2. The molecule has 2 heterocycles. The van der Waals surface area contributed by atoms with Crippen LogP contribution in [0.5, 0.6) is 0 Å². The van der Waals surface area contributed by atoms with Gasteiger partial charge in [0, 0.05) is 29.4 Å². The number of hydrogen-bond acceptors (Lipinski definition) is 3. The van der Waals surface area contributed by atoms with Crippen LogP contribution in [0.4, 0.5) is 8.78 Å². The average molecular weight is 443 g/mol. The highest BCUT2D eigenvalue weighted by atomic mass is 19.3. The number of fused-ring (bicyclic) bond motifs is 1. The zero-order valence-corrected chi connectivity index (χ0v) is 17.4. The van der Waals surface area contributed by atoms with E-state index in [0.29, 0.717) is 16.6 Å². The first-order chi connectivity index (χ1) is 16.1. The van der Waals surface area contributed by atoms with Crippen molar-refractivity contribution in [2.45, 2.75) is 13.0 Å². The third-order valence-corrected chi connectivity index (χ3v) is 5.27. The van der Waals surface area contributed by atoms with Crippen molar-refractivity contribution < 1.29 is 13.6 Å². The lowest BCUT2D eigenvalue weighted by molar-refractivity contribution is 0.0951. The largest absolute Gasteiger partial charge is 0.348 e. The van der Waals surface area contributed by atoms with Crippen molar-refractivity contribution in [2.75, 3.05) is 0 Å². The second-order valence-electron chi connectivity index (χ2n) is 7.49. The number of aromatic nitrogens is 4. The van der Waals surface area contributed by atoms with Crippen molar-refractivity contribution >= 4 is 16.9 Å². The molecule has 5 aromatic rings. The van der Waals surface area contributed by atoms with E-state index in [-0.39, 0.29) is 12.5 Å². The van der Waals surface area contributed by atoms with Crippen LogP contribution in [0.25, 0.3) is 28.0 Å². The van der Waals surface area contributed by atoms with Gasteiger partial charge in [-0.25, -0.2) is 18.4 Å². The molecule has 33 heavy (non-hydrogen) atoms. The van der Waals surface area contributed by atoms with Gasteiger partial charge in [0.25, 0.3) is 12.3 Å². The third-order valence-electron chi connectivity index (χ3n) is 5.27. The molecule has 2 aromatic heterocycles. The lowest BCUT2D eigenvalue weighted by Crippen LogP contribution is -2.22. The minimum absolute atomic E-state index is 0.249. The summed E-state index contributed by atoms with van der Waals surface area (Å²) < 4.78 is 27.6. The van der Waals surface area contributed by atoms with Crippen LogP contribution in [-0.4, -0.2) is 25.7 Å². The number of carbonyl (C=O) groups is 1. The first-order valence-corrected chi connectivity index (χ1v) is 10.3. The Morgan fingerprint density at radius 3 is 2.45 bits per heavy atom. The topological polar surface area (TPSA) is 75.6 Å². The molecule has 0 unspecified atom stereocenters. The molecule has 0 saturated heterocycles. The van der Waals surface area contributed by atoms with E-state index in [9.17, 15) is 13.6 Å². The highest BCUT2D eigenvalue weighted by Crippen LogP contribution is 2.24. The Bertz CT molecular complexity index is 1410. The molecule has 8 heteroatoms. The fourth-order valence-electron chi connectivity index (χ4n) is 3.64. The molecule has 0 aliphatic rings. The Morgan fingerprint density at radius 1 is 1.00 bits per heavy atom. The van der Waals surface area contributed by atoms with Gasteiger partial charge in [-0.2, -0.15) is 5.10 Å². The van der Waals surface area contributed by atoms with Crippen molar-refractivity contribution in [1.82, 2.24) is 25.1 Å². The van der Waals surface area contributed by atoms with Gasteiger partial charge >= 0.3 is 0 Å². The van der Waals surface area contributed by atoms with Gasteiger partial charge in [-0.1, -0.05) is 48.5 Å². The van der Waals surface area contributed by atoms with E-state index in [1.807, 2.05) is 66.9 Å². The van der Waals surface area contributed by atoms with Crippen LogP contribution < -0.4 is 5.32 Å². The molecular weight excluding hydrogens is 424 g/mol. The van der Waals surface area contributed by atoms with Gasteiger partial charge < -0.3 is 10.3 Å². The number of rotatable bonds is 6. The number of halogens is 2. The molecule has 1 amide bonds. The van der Waals surface area contributed by atoms with Gasteiger partial charge in [0.1, 0.15) is 0 Å². The third kappa shape index (κ3) is 4.23. The molecule has 0 spiro atoms. The van der Waals surface area contributed by atoms with E-state index in [1.165, 1.54) is 6.07 Å². The van der Waals surface area contributed by atoms with Crippen molar-refractivity contribution in [3.63, 3.8) is 0 Å². The number of para-hydroxylation sites is 1. The lowest BCUT2D eigenvalue weighted by atomic mass is 10.1. The lowest BCUT2D eigenvalue weighted by Gasteiger charge is -2.06. The van der Waals surface area contributed by atoms with Gasteiger partial charge in [0.15, 0.2) is 5.82 Å². The van der Waals surface area contributed by atoms with Crippen LogP contribution >= 0.6 is 0 Å². The van der Waals surface area contributed by atoms with Gasteiger partial charge in [-0.3, -0.25) is 4.79 Å². The first kappa shape index (κ1) is 20.6. The molecular formula is C25H19F2N5O. The number of hydrogen-bond donors (Lipinski definition) is 2. The Labute approximate surface area is 187 Å². The maximum Gasteiger partial charge on any atom is 0.295 e. The maximum absolute atomic E-state index is 12.9. The van der Waals surface area contributed by atoms with E-state index >= 15 is 0 Å². The summed E-state index contributed by atoms with van der Waals surface area (Å²) in [6.07, 6.45) is -0.808. The number of amides is 1. The fourth-order valence-corrected chi connectivity index (χ4v) is 3.64. The van der Waals surface area contributed by atoms with Crippen LogP contribution in [0, 0.1) is 0 Å². The molecule has 0 aliphatic heterocycles. The Balaban J connectivity index is 1.41. The molecule has 0 radical (unpaired) electrons. The van der Waals surface area contributed by atoms with E-state index in [2.05, 4.69) is 15.3 Å². The van der Waals surface area contributed by atoms with Crippen LogP contribution in [0.3, 0.4) is 0 Å². The number of aromatic amines is 1. The number of alkyl halides is 2. The van der Waals surface area contributed by atoms with Crippen molar-refractivity contribution in [1.29, 1.82) is 0 Å². The summed E-state index contributed by atoms with van der Waals surface area (Å²) >= 11 is 0. The minimum Gasteiger partial charge on any atom is -0.348 e. The van der Waals surface area contributed by atoms with Gasteiger partial charge in [-0.15, -0.1) is 0 Å². The summed E-state index contributed by atoms with van der Waals surface area (Å²) in [7, 11) is 0. The number of nitrogens with zero attached hydrogens (tertiary/aromatic N) is 3. The van der Waals surface area contributed by atoms with Crippen molar-refractivity contribution in [3.8, 4) is 16.9 Å². The summed E-state index contributed by atoms with van der Waals surface area (Å²) in [6.45, 7) is 0.249. The molecule has 5 rings (SSSR count). The number of benzene rings is 3. The van der Waals surface area contributed by atoms with E-state index in [0.717, 1.165) is 22.5 Å². The molecule has 6 nitrogen and oxygen atoms in total. The maximum atomic E-state index is 12.9. The number of nitrogens with one attached hydrogen (secondary N) is 2. The predicted molar refractivity (Wildman–Crippen MR) is 121 cm³/mol. The molecule has 2 N–H and O–H groups in total. The standard InChI is InChI=1S/C25H19F2N5O/c26-23(27)24-29-20-12-11-17(13-21(20)30-24)25(33)28-14-18-15-32(19-9-5-2-6-10-19)31-22(18)16-7-3-1-4-8-16/h1-13,15,23H,14H2,(H,28,33)(H,29,30). The highest BCUT2D eigenvalue weighted by molar-refractivity contribution is 5.97. The summed E-state index contributed by atoms with van der Waals surface area (Å²) in [4.78, 5) is 19.2. The fraction of sp³-hybridized carbons (Fsp3) is 0.0800. The summed E-state index contributed by atoms with van der Waals surface area (Å²) in [5, 5.41) is 7.65. The van der Waals surface area contributed by atoms with Crippen LogP contribution in [0.1, 0.15) is 28.2 Å². The predicted octanol–water partition coefficient (Wildman–Crippen LogP) is 5.28. The molecule has 3 aromatic carbocycles. The highest BCUT2D eigenvalue weighted by Gasteiger charge is 2.16. The van der Waals surface area contributed by atoms with Crippen LogP contribution in [0.2, 0.25) is 0 Å². The Morgan fingerprint density at radius 2 is 1.73 bits per heavy atom. The monoisotopic (exact) mass is 443 g/mol. The summed E-state index contributed by atoms with van der Waals surface area (Å²) in [6, 6.07) is 24.1. The smallest absolute Gasteiger partial charge is 0.295 e. The van der Waals surface area contributed by atoms with E-state index in [1.54, 1.807) is 16.8 Å². The first-order valence-electron chi connectivity index (χ1n) is 10.3. The summed E-state index contributed by atoms with van der Waals surface area (Å²) in [5.41, 5.74) is 4.59. The van der Waals surface area contributed by atoms with Crippen LogP contribution in [0.15, 0.2) is 85.1 Å². The van der Waals surface area contributed by atoms with E-state index < -0.39 is 12.2 Å². The Kier molecular flexibility index (Phi) is 5.40. The van der Waals surface area contributed by atoms with Gasteiger partial charge in [0.05, 0.1) is 22.4 Å². The van der Waals surface area contributed by atoms with E-state index in [4.69, 9.17) is 5.10 Å². The molecule has 0 bridgehead atoms. The number of H-pyrrole nitrogens is 1. The molecule has 0 fully saturated rings. The summed E-state index contributed by atoms with van der Waals surface area (Å²) in [5.74, 6) is -0.736. The van der Waals surface area contributed by atoms with Crippen LogP contribution in [-0.2, 0) is 6.54 Å². The number of imidazole rings is 1. The quantitative estimate of drug-likeness (QED) is 0.375. The minimum atomic E-state index is -2.70. The zero-order chi connectivity index (χ0) is 22.8. The zero-order valence-electron chi connectivity index (χ0n) is 17.4. The second-order valence-corrected chi connectivity index (χ2v) is 7.49.